The zero-order valence-corrected chi connectivity index (χ0v) is 18.3. The van der Waals surface area contributed by atoms with Gasteiger partial charge in [-0.25, -0.2) is 0 Å². The summed E-state index contributed by atoms with van der Waals surface area (Å²) in [5, 5.41) is 8.05. The molecule has 1 saturated carbocycles. The molecular formula is C25H27F3N4. The Labute approximate surface area is 185 Å². The molecule has 1 aliphatic carbocycles. The number of benzene rings is 2. The van der Waals surface area contributed by atoms with Crippen LogP contribution in [0.25, 0.3) is 10.9 Å². The summed E-state index contributed by atoms with van der Waals surface area (Å²) >= 11 is 0. The SMILES string of the molecule is Cc1c([C@@H](C)Nc2ccnc3ccc(N4CCNC5(CC5)C4)cc23)cccc1C(F)(F)F. The van der Waals surface area contributed by atoms with Crippen LogP contribution in [0.15, 0.2) is 48.7 Å². The van der Waals surface area contributed by atoms with Gasteiger partial charge in [0.2, 0.25) is 0 Å². The third-order valence-electron chi connectivity index (χ3n) is 6.84. The van der Waals surface area contributed by atoms with Crippen molar-refractivity contribution in [3.05, 3.63) is 65.4 Å². The van der Waals surface area contributed by atoms with Gasteiger partial charge in [-0.05, 0) is 68.1 Å². The van der Waals surface area contributed by atoms with Crippen LogP contribution in [0.2, 0.25) is 0 Å². The first-order valence-corrected chi connectivity index (χ1v) is 11.1. The lowest BCUT2D eigenvalue weighted by Gasteiger charge is -2.35. The highest BCUT2D eigenvalue weighted by Crippen LogP contribution is 2.40. The van der Waals surface area contributed by atoms with E-state index in [1.165, 1.54) is 25.8 Å². The Kier molecular flexibility index (Phi) is 5.04. The number of rotatable bonds is 4. The van der Waals surface area contributed by atoms with E-state index >= 15 is 0 Å². The lowest BCUT2D eigenvalue weighted by atomic mass is 9.97. The van der Waals surface area contributed by atoms with Crippen molar-refractivity contribution in [3.8, 4) is 0 Å². The average molecular weight is 441 g/mol. The zero-order chi connectivity index (χ0) is 22.5. The molecule has 32 heavy (non-hydrogen) atoms. The molecule has 0 unspecified atom stereocenters. The van der Waals surface area contributed by atoms with Crippen LogP contribution >= 0.6 is 0 Å². The maximum atomic E-state index is 13.4. The van der Waals surface area contributed by atoms with Gasteiger partial charge in [0.15, 0.2) is 0 Å². The standard InChI is InChI=1S/C25H27F3N4/c1-16-19(4-3-5-21(16)25(26,27)28)17(2)31-23-8-11-29-22-7-6-18(14-20(22)23)32-13-12-30-24(15-32)9-10-24/h3-8,11,14,17,30H,9-10,12-13,15H2,1-2H3,(H,29,31)/t17-/m1/s1. The number of aromatic nitrogens is 1. The number of halogens is 3. The van der Waals surface area contributed by atoms with Crippen molar-refractivity contribution < 1.29 is 13.2 Å². The summed E-state index contributed by atoms with van der Waals surface area (Å²) in [6.45, 7) is 6.36. The maximum Gasteiger partial charge on any atom is 0.416 e. The maximum absolute atomic E-state index is 13.4. The third kappa shape index (κ3) is 3.90. The minimum atomic E-state index is -4.36. The molecule has 5 rings (SSSR count). The summed E-state index contributed by atoms with van der Waals surface area (Å²) in [5.41, 5.74) is 3.48. The first-order valence-electron chi connectivity index (χ1n) is 11.1. The fourth-order valence-corrected chi connectivity index (χ4v) is 4.86. The molecule has 2 aliphatic rings. The summed E-state index contributed by atoms with van der Waals surface area (Å²) < 4.78 is 40.1. The molecule has 168 valence electrons. The predicted molar refractivity (Wildman–Crippen MR) is 122 cm³/mol. The van der Waals surface area contributed by atoms with Gasteiger partial charge in [-0.2, -0.15) is 13.2 Å². The Balaban J connectivity index is 1.45. The van der Waals surface area contributed by atoms with Crippen LogP contribution < -0.4 is 15.5 Å². The first kappa shape index (κ1) is 21.1. The fraction of sp³-hybridized carbons (Fsp3) is 0.400. The van der Waals surface area contributed by atoms with Crippen LogP contribution in [0.1, 0.15) is 42.5 Å². The lowest BCUT2D eigenvalue weighted by molar-refractivity contribution is -0.138. The van der Waals surface area contributed by atoms with Crippen LogP contribution in [0.3, 0.4) is 0 Å². The van der Waals surface area contributed by atoms with E-state index in [9.17, 15) is 13.2 Å². The number of hydrogen-bond donors (Lipinski definition) is 2. The largest absolute Gasteiger partial charge is 0.416 e. The molecule has 2 heterocycles. The van der Waals surface area contributed by atoms with Crippen LogP contribution in [0.4, 0.5) is 24.5 Å². The second-order valence-electron chi connectivity index (χ2n) is 9.07. The minimum Gasteiger partial charge on any atom is -0.378 e. The van der Waals surface area contributed by atoms with Crippen LogP contribution in [-0.4, -0.2) is 30.2 Å². The monoisotopic (exact) mass is 440 g/mol. The molecule has 7 heteroatoms. The molecule has 2 fully saturated rings. The molecule has 1 saturated heterocycles. The summed E-state index contributed by atoms with van der Waals surface area (Å²) in [7, 11) is 0. The van der Waals surface area contributed by atoms with Crippen LogP contribution in [-0.2, 0) is 6.18 Å². The smallest absolute Gasteiger partial charge is 0.378 e. The number of anilines is 2. The number of alkyl halides is 3. The molecule has 0 bridgehead atoms. The summed E-state index contributed by atoms with van der Waals surface area (Å²) in [5.74, 6) is 0. The summed E-state index contributed by atoms with van der Waals surface area (Å²) in [6.07, 6.45) is -0.182. The second-order valence-corrected chi connectivity index (χ2v) is 9.07. The highest BCUT2D eigenvalue weighted by Gasteiger charge is 2.45. The van der Waals surface area contributed by atoms with E-state index in [1.54, 1.807) is 12.3 Å². The lowest BCUT2D eigenvalue weighted by Crippen LogP contribution is -2.52. The molecule has 1 spiro atoms. The number of hydrogen-bond acceptors (Lipinski definition) is 4. The topological polar surface area (TPSA) is 40.2 Å². The quantitative estimate of drug-likeness (QED) is 0.548. The predicted octanol–water partition coefficient (Wildman–Crippen LogP) is 5.68. The first-order chi connectivity index (χ1) is 15.3. The highest BCUT2D eigenvalue weighted by molar-refractivity contribution is 5.93. The molecule has 2 aromatic carbocycles. The van der Waals surface area contributed by atoms with Crippen LogP contribution in [0, 0.1) is 6.92 Å². The minimum absolute atomic E-state index is 0.259. The molecule has 2 N–H and O–H groups in total. The number of nitrogens with one attached hydrogen (secondary N) is 2. The summed E-state index contributed by atoms with van der Waals surface area (Å²) in [4.78, 5) is 6.91. The summed E-state index contributed by atoms with van der Waals surface area (Å²) in [6, 6.07) is 12.3. The molecule has 4 nitrogen and oxygen atoms in total. The Hall–Kier alpha value is -2.80. The van der Waals surface area contributed by atoms with Crippen molar-refractivity contribution in [2.45, 2.75) is 44.4 Å². The van der Waals surface area contributed by atoms with Gasteiger partial charge >= 0.3 is 6.18 Å². The van der Waals surface area contributed by atoms with E-state index in [-0.39, 0.29) is 17.1 Å². The van der Waals surface area contributed by atoms with E-state index < -0.39 is 11.7 Å². The van der Waals surface area contributed by atoms with E-state index in [2.05, 4.69) is 32.7 Å². The van der Waals surface area contributed by atoms with Gasteiger partial charge in [-0.3, -0.25) is 4.98 Å². The van der Waals surface area contributed by atoms with Gasteiger partial charge < -0.3 is 15.5 Å². The molecule has 1 aliphatic heterocycles. The molecule has 0 amide bonds. The fourth-order valence-electron chi connectivity index (χ4n) is 4.86. The normalized spacial score (nSPS) is 18.7. The van der Waals surface area contributed by atoms with Gasteiger partial charge in [0.1, 0.15) is 0 Å². The van der Waals surface area contributed by atoms with E-state index in [0.29, 0.717) is 5.56 Å². The number of nitrogens with zero attached hydrogens (tertiary/aromatic N) is 2. The molecular weight excluding hydrogens is 413 g/mol. The van der Waals surface area contributed by atoms with Gasteiger partial charge in [0, 0.05) is 54.2 Å². The number of pyridine rings is 1. The molecule has 1 aromatic heterocycles. The molecule has 3 aromatic rings. The second kappa shape index (κ2) is 7.66. The zero-order valence-electron chi connectivity index (χ0n) is 18.3. The van der Waals surface area contributed by atoms with Crippen molar-refractivity contribution in [1.29, 1.82) is 0 Å². The Morgan fingerprint density at radius 1 is 1.16 bits per heavy atom. The average Bonchev–Trinajstić information content (AvgIpc) is 3.51. The van der Waals surface area contributed by atoms with E-state index in [4.69, 9.17) is 0 Å². The number of piperazine rings is 1. The van der Waals surface area contributed by atoms with Gasteiger partial charge in [0.25, 0.3) is 0 Å². The van der Waals surface area contributed by atoms with Crippen LogP contribution in [0.5, 0.6) is 0 Å². The van der Waals surface area contributed by atoms with Gasteiger partial charge in [-0.15, -0.1) is 0 Å². The van der Waals surface area contributed by atoms with Gasteiger partial charge in [-0.1, -0.05) is 12.1 Å². The highest BCUT2D eigenvalue weighted by atomic mass is 19.4. The van der Waals surface area contributed by atoms with Crippen molar-refractivity contribution in [2.24, 2.45) is 0 Å². The third-order valence-corrected chi connectivity index (χ3v) is 6.84. The van der Waals surface area contributed by atoms with Crippen molar-refractivity contribution >= 4 is 22.3 Å². The molecule has 0 radical (unpaired) electrons. The van der Waals surface area contributed by atoms with Gasteiger partial charge in [0.05, 0.1) is 11.1 Å². The number of fused-ring (bicyclic) bond motifs is 1. The molecule has 1 atom stereocenters. The Morgan fingerprint density at radius 3 is 2.72 bits per heavy atom. The Bertz CT molecular complexity index is 1150. The van der Waals surface area contributed by atoms with Crippen molar-refractivity contribution in [3.63, 3.8) is 0 Å². The van der Waals surface area contributed by atoms with E-state index in [1.807, 2.05) is 19.1 Å². The van der Waals surface area contributed by atoms with Crippen molar-refractivity contribution in [1.82, 2.24) is 10.3 Å². The Morgan fingerprint density at radius 2 is 1.97 bits per heavy atom. The van der Waals surface area contributed by atoms with E-state index in [0.717, 1.165) is 48.0 Å². The van der Waals surface area contributed by atoms with Crippen molar-refractivity contribution in [2.75, 3.05) is 29.9 Å².